The van der Waals surface area contributed by atoms with Gasteiger partial charge in [-0.05, 0) is 0 Å². The normalized spacial score (nSPS) is 37.3. The van der Waals surface area contributed by atoms with Gasteiger partial charge in [-0.25, -0.2) is 33.0 Å². The predicted molar refractivity (Wildman–Crippen MR) is 122 cm³/mol. The van der Waals surface area contributed by atoms with Crippen molar-refractivity contribution in [3.63, 3.8) is 0 Å². The second kappa shape index (κ2) is 10.8. The molecule has 0 aromatic carbocycles. The van der Waals surface area contributed by atoms with Crippen molar-refractivity contribution in [2.24, 2.45) is 0 Å². The Balaban J connectivity index is 1.72. The fraction of sp³-hybridized carbons (Fsp3) is 0.667. The summed E-state index contributed by atoms with van der Waals surface area (Å²) in [6.07, 6.45) is -11.6. The molecule has 10 atom stereocenters. The van der Waals surface area contributed by atoms with Crippen molar-refractivity contribution in [2.45, 2.75) is 48.2 Å². The van der Waals surface area contributed by atoms with Crippen LogP contribution in [-0.2, 0) is 42.0 Å². The van der Waals surface area contributed by atoms with E-state index in [-0.39, 0.29) is 17.0 Å². The minimum Gasteiger partial charge on any atom is -0.394 e. The van der Waals surface area contributed by atoms with E-state index in [1.165, 1.54) is 0 Å². The van der Waals surface area contributed by atoms with E-state index in [2.05, 4.69) is 28.1 Å². The molecule has 2 saturated heterocycles. The maximum Gasteiger partial charge on any atom is 0.490 e. The van der Waals surface area contributed by atoms with E-state index in [1.807, 2.05) is 0 Å². The zero-order chi connectivity index (χ0) is 30.8. The third-order valence-corrected chi connectivity index (χ3v) is 9.83. The number of fused-ring (bicyclic) bond motifs is 1. The fourth-order valence-corrected chi connectivity index (χ4v) is 7.41. The van der Waals surface area contributed by atoms with Gasteiger partial charge in [0.25, 0.3) is 5.85 Å². The molecule has 0 aliphatic carbocycles. The van der Waals surface area contributed by atoms with Crippen LogP contribution in [0.3, 0.4) is 0 Å². The molecule has 41 heavy (non-hydrogen) atoms. The lowest BCUT2D eigenvalue weighted by atomic mass is 9.90. The Morgan fingerprint density at radius 2 is 1.68 bits per heavy atom. The Morgan fingerprint density at radius 1 is 1.02 bits per heavy atom. The van der Waals surface area contributed by atoms with E-state index < -0.39 is 84.9 Å². The summed E-state index contributed by atoms with van der Waals surface area (Å²) in [7, 11) is -17.4. The van der Waals surface area contributed by atoms with E-state index >= 15 is 4.39 Å². The molecule has 0 amide bonds. The number of halogens is 1. The molecule has 2 aliphatic heterocycles. The lowest BCUT2D eigenvalue weighted by Gasteiger charge is -2.40. The number of aromatic nitrogens is 4. The molecular weight excluding hydrogens is 634 g/mol. The van der Waals surface area contributed by atoms with Crippen LogP contribution in [0, 0.1) is 0 Å². The molecule has 2 aliphatic rings. The molecule has 0 bridgehead atoms. The van der Waals surface area contributed by atoms with Crippen LogP contribution in [0.5, 0.6) is 0 Å². The highest BCUT2D eigenvalue weighted by Crippen LogP contribution is 2.66. The van der Waals surface area contributed by atoms with Crippen molar-refractivity contribution in [3.8, 4) is 0 Å². The summed E-state index contributed by atoms with van der Waals surface area (Å²) in [4.78, 5) is 47.8. The van der Waals surface area contributed by atoms with Crippen LogP contribution in [0.2, 0.25) is 0 Å². The number of hydrogen-bond donors (Lipinski definition) is 10. The molecule has 2 fully saturated rings. The molecule has 232 valence electrons. The number of nitrogens with two attached hydrogens (primary N) is 1. The average Bonchev–Trinajstić information content (AvgIpc) is 3.44. The highest BCUT2D eigenvalue weighted by atomic mass is 31.3. The summed E-state index contributed by atoms with van der Waals surface area (Å²) < 4.78 is 73.4. The van der Waals surface area contributed by atoms with Gasteiger partial charge in [-0.1, -0.05) is 0 Å². The third-order valence-electron chi connectivity index (χ3n) is 6.03. The number of imidazole rings is 1. The number of hydrogen-bond acceptors (Lipinski definition) is 17. The largest absolute Gasteiger partial charge is 0.490 e. The van der Waals surface area contributed by atoms with E-state index in [0.717, 1.165) is 17.2 Å². The topological polar surface area (TPSA) is 349 Å². The van der Waals surface area contributed by atoms with Crippen LogP contribution >= 0.6 is 23.5 Å². The number of nitrogen functional groups attached to an aromatic ring is 1. The van der Waals surface area contributed by atoms with Crippen LogP contribution in [0.15, 0.2) is 12.7 Å². The monoisotopic (exact) mass is 657 g/mol. The molecule has 26 heteroatoms. The van der Waals surface area contributed by atoms with Gasteiger partial charge in [-0.15, -0.1) is 0 Å². The van der Waals surface area contributed by atoms with Crippen molar-refractivity contribution >= 4 is 40.4 Å². The molecular formula is C15H23FN5O17P3. The van der Waals surface area contributed by atoms with Crippen molar-refractivity contribution < 1.29 is 85.8 Å². The number of nitrogens with zero attached hydrogens (tertiary/aromatic N) is 4. The number of aliphatic hydroxyl groups is 5. The van der Waals surface area contributed by atoms with Crippen molar-refractivity contribution in [2.75, 3.05) is 18.9 Å². The molecule has 0 spiro atoms. The summed E-state index contributed by atoms with van der Waals surface area (Å²) in [6, 6.07) is 0. The molecule has 11 N–H and O–H groups in total. The van der Waals surface area contributed by atoms with Crippen LogP contribution in [0.1, 0.15) is 0 Å². The summed E-state index contributed by atoms with van der Waals surface area (Å²) >= 11 is 0. The smallest absolute Gasteiger partial charge is 0.394 e. The first-order valence-corrected chi connectivity index (χ1v) is 15.4. The van der Waals surface area contributed by atoms with Gasteiger partial charge < -0.3 is 60.3 Å². The van der Waals surface area contributed by atoms with Gasteiger partial charge in [-0.2, -0.15) is 8.62 Å². The Bertz CT molecular complexity index is 1440. The molecule has 0 saturated carbocycles. The Morgan fingerprint density at radius 3 is 2.27 bits per heavy atom. The first-order valence-electron chi connectivity index (χ1n) is 10.9. The van der Waals surface area contributed by atoms with Crippen LogP contribution in [-0.4, -0.2) is 120 Å². The minimum atomic E-state index is -5.92. The van der Waals surface area contributed by atoms with E-state index in [0.29, 0.717) is 0 Å². The maximum absolute atomic E-state index is 15.6. The summed E-state index contributed by atoms with van der Waals surface area (Å²) in [6.45, 7) is -2.38. The van der Waals surface area contributed by atoms with Gasteiger partial charge in [0.2, 0.25) is 5.72 Å². The first kappa shape index (κ1) is 32.3. The molecule has 4 heterocycles. The standard InChI is InChI=1S/C15H23FN5O17P3/c16-14(26)9(24)5(1-22)35-13(14)15(21-4-20-7-11(17)18-3-19-12(7)21)10(25)8(23)6(36-15)2-34-40(30,31)38-41(32,33)37-39(27,28)29/h3-6,8-10,13,22-26H,1-2H2,(H,30,31)(H,32,33)(H2,17,18,19)(H2,27,28,29)/t5-,6-,8-,9-,10-,13?,14+,15+/m1/s1. The van der Waals surface area contributed by atoms with Gasteiger partial charge in [-0.3, -0.25) is 9.09 Å². The second-order valence-corrected chi connectivity index (χ2v) is 13.1. The lowest BCUT2D eigenvalue weighted by Crippen LogP contribution is -2.61. The Labute approximate surface area is 226 Å². The van der Waals surface area contributed by atoms with Crippen molar-refractivity contribution in [1.82, 2.24) is 19.5 Å². The van der Waals surface area contributed by atoms with E-state index in [4.69, 9.17) is 25.0 Å². The minimum absolute atomic E-state index is 0.159. The zero-order valence-electron chi connectivity index (χ0n) is 19.9. The number of alkyl halides is 1. The molecule has 22 nitrogen and oxygen atoms in total. The number of ether oxygens (including phenoxy) is 2. The summed E-state index contributed by atoms with van der Waals surface area (Å²) in [5.74, 6) is -4.05. The van der Waals surface area contributed by atoms with Gasteiger partial charge in [0.1, 0.15) is 42.4 Å². The van der Waals surface area contributed by atoms with Gasteiger partial charge >= 0.3 is 23.5 Å². The summed E-state index contributed by atoms with van der Waals surface area (Å²) in [5, 5.41) is 52.2. The SMILES string of the molecule is Nc1ncnc2c1ncn2[C@]1(C2O[C@H](CO)[C@@H](O)[C@@]2(O)F)O[C@H](COP(=O)(O)OP(=O)(O)OP(=O)(O)O)[C@@H](O)[C@H]1O. The molecule has 4 rings (SSSR count). The Hall–Kier alpha value is -1.59. The van der Waals surface area contributed by atoms with Crippen LogP contribution in [0.4, 0.5) is 10.2 Å². The summed E-state index contributed by atoms with van der Waals surface area (Å²) in [5.41, 5.74) is 2.42. The van der Waals surface area contributed by atoms with E-state index in [9.17, 15) is 49.0 Å². The molecule has 2 aromatic heterocycles. The lowest BCUT2D eigenvalue weighted by molar-refractivity contribution is -0.279. The highest BCUT2D eigenvalue weighted by Gasteiger charge is 2.72. The fourth-order valence-electron chi connectivity index (χ4n) is 4.38. The predicted octanol–water partition coefficient (Wildman–Crippen LogP) is -3.70. The highest BCUT2D eigenvalue weighted by molar-refractivity contribution is 7.66. The number of aliphatic hydroxyl groups excluding tert-OH is 4. The number of anilines is 1. The van der Waals surface area contributed by atoms with Crippen molar-refractivity contribution in [3.05, 3.63) is 12.7 Å². The number of phosphoric acid groups is 3. The second-order valence-electron chi connectivity index (χ2n) is 8.69. The third kappa shape index (κ3) is 5.96. The van der Waals surface area contributed by atoms with Gasteiger partial charge in [0.15, 0.2) is 17.6 Å². The van der Waals surface area contributed by atoms with Gasteiger partial charge in [0, 0.05) is 0 Å². The number of rotatable bonds is 10. The zero-order valence-corrected chi connectivity index (χ0v) is 22.6. The maximum atomic E-state index is 15.6. The first-order chi connectivity index (χ1) is 18.8. The van der Waals surface area contributed by atoms with Crippen LogP contribution in [0.25, 0.3) is 11.2 Å². The van der Waals surface area contributed by atoms with E-state index in [1.54, 1.807) is 0 Å². The van der Waals surface area contributed by atoms with Crippen LogP contribution < -0.4 is 5.73 Å². The van der Waals surface area contributed by atoms with Gasteiger partial charge in [0.05, 0.1) is 19.5 Å². The number of phosphoric ester groups is 1. The molecule has 3 unspecified atom stereocenters. The molecule has 0 radical (unpaired) electrons. The average molecular weight is 657 g/mol. The Kier molecular flexibility index (Phi) is 8.55. The molecule has 2 aromatic rings. The van der Waals surface area contributed by atoms with Crippen molar-refractivity contribution in [1.29, 1.82) is 0 Å². The quantitative estimate of drug-likeness (QED) is 0.110.